The standard InChI is InChI=1S/C19H18N6O/c1-20-12-14-6-2-3-7-15(14)19(26)24-10-11-25-17(13-24)22-23-18(25)16-8-4-5-9-21-16/h2-9,12H,10-11,13H2,1H3. The van der Waals surface area contributed by atoms with Gasteiger partial charge in [-0.3, -0.25) is 14.8 Å². The van der Waals surface area contributed by atoms with Crippen LogP contribution in [0.3, 0.4) is 0 Å². The first kappa shape index (κ1) is 16.1. The molecule has 1 aliphatic rings. The summed E-state index contributed by atoms with van der Waals surface area (Å²) in [7, 11) is 1.70. The van der Waals surface area contributed by atoms with Gasteiger partial charge in [0, 0.05) is 43.7 Å². The average molecular weight is 346 g/mol. The van der Waals surface area contributed by atoms with Crippen LogP contribution in [0.15, 0.2) is 53.7 Å². The number of fused-ring (bicyclic) bond motifs is 1. The van der Waals surface area contributed by atoms with Crippen LogP contribution in [0.5, 0.6) is 0 Å². The molecule has 0 atom stereocenters. The highest BCUT2D eigenvalue weighted by Crippen LogP contribution is 2.21. The Morgan fingerprint density at radius 1 is 1.12 bits per heavy atom. The molecule has 0 aliphatic carbocycles. The van der Waals surface area contributed by atoms with E-state index >= 15 is 0 Å². The lowest BCUT2D eigenvalue weighted by atomic mass is 10.1. The van der Waals surface area contributed by atoms with E-state index in [0.29, 0.717) is 25.2 Å². The summed E-state index contributed by atoms with van der Waals surface area (Å²) in [6.45, 7) is 1.67. The van der Waals surface area contributed by atoms with Gasteiger partial charge in [0.25, 0.3) is 5.91 Å². The van der Waals surface area contributed by atoms with Gasteiger partial charge in [-0.15, -0.1) is 10.2 Å². The van der Waals surface area contributed by atoms with Gasteiger partial charge in [-0.2, -0.15) is 0 Å². The number of benzene rings is 1. The molecule has 0 radical (unpaired) electrons. The molecule has 0 N–H and O–H groups in total. The molecule has 26 heavy (non-hydrogen) atoms. The van der Waals surface area contributed by atoms with Crippen LogP contribution in [-0.4, -0.2) is 50.4 Å². The molecule has 0 spiro atoms. The molecule has 0 unspecified atom stereocenters. The second-order valence-corrected chi connectivity index (χ2v) is 6.01. The first-order valence-corrected chi connectivity index (χ1v) is 8.42. The smallest absolute Gasteiger partial charge is 0.254 e. The number of aromatic nitrogens is 4. The third-order valence-corrected chi connectivity index (χ3v) is 4.39. The minimum Gasteiger partial charge on any atom is -0.329 e. The van der Waals surface area contributed by atoms with E-state index in [-0.39, 0.29) is 5.91 Å². The summed E-state index contributed by atoms with van der Waals surface area (Å²) in [5.41, 5.74) is 2.26. The molecule has 1 aromatic carbocycles. The van der Waals surface area contributed by atoms with Gasteiger partial charge in [-0.25, -0.2) is 0 Å². The van der Waals surface area contributed by atoms with Crippen LogP contribution in [-0.2, 0) is 13.1 Å². The van der Waals surface area contributed by atoms with Crippen molar-refractivity contribution in [2.45, 2.75) is 13.1 Å². The minimum absolute atomic E-state index is 0.0193. The van der Waals surface area contributed by atoms with Crippen LogP contribution in [0, 0.1) is 0 Å². The van der Waals surface area contributed by atoms with Crippen LogP contribution in [0.2, 0.25) is 0 Å². The van der Waals surface area contributed by atoms with E-state index in [9.17, 15) is 4.79 Å². The van der Waals surface area contributed by atoms with Gasteiger partial charge in [0.05, 0.1) is 6.54 Å². The number of nitrogens with zero attached hydrogens (tertiary/aromatic N) is 6. The maximum atomic E-state index is 13.0. The second-order valence-electron chi connectivity index (χ2n) is 6.01. The number of rotatable bonds is 3. The van der Waals surface area contributed by atoms with Crippen molar-refractivity contribution < 1.29 is 4.79 Å². The van der Waals surface area contributed by atoms with E-state index in [0.717, 1.165) is 22.9 Å². The lowest BCUT2D eigenvalue weighted by Gasteiger charge is -2.28. The molecule has 7 heteroatoms. The Bertz CT molecular complexity index is 963. The van der Waals surface area contributed by atoms with E-state index in [4.69, 9.17) is 0 Å². The topological polar surface area (TPSA) is 76.3 Å². The fourth-order valence-electron chi connectivity index (χ4n) is 3.13. The molecule has 4 rings (SSSR count). The summed E-state index contributed by atoms with van der Waals surface area (Å²) >= 11 is 0. The van der Waals surface area contributed by atoms with E-state index in [1.807, 2.05) is 47.0 Å². The summed E-state index contributed by atoms with van der Waals surface area (Å²) in [6.07, 6.45) is 3.45. The first-order chi connectivity index (χ1) is 12.8. The monoisotopic (exact) mass is 346 g/mol. The lowest BCUT2D eigenvalue weighted by molar-refractivity contribution is 0.0708. The quantitative estimate of drug-likeness (QED) is 0.680. The normalized spacial score (nSPS) is 13.8. The van der Waals surface area contributed by atoms with Gasteiger partial charge in [-0.1, -0.05) is 24.3 Å². The van der Waals surface area contributed by atoms with Crippen LogP contribution >= 0.6 is 0 Å². The van der Waals surface area contributed by atoms with Crippen molar-refractivity contribution in [2.24, 2.45) is 4.99 Å². The van der Waals surface area contributed by atoms with Crippen molar-refractivity contribution in [3.05, 3.63) is 65.6 Å². The Morgan fingerprint density at radius 3 is 2.77 bits per heavy atom. The van der Waals surface area contributed by atoms with Gasteiger partial charge in [0.1, 0.15) is 5.69 Å². The third-order valence-electron chi connectivity index (χ3n) is 4.39. The zero-order valence-electron chi connectivity index (χ0n) is 14.4. The SMILES string of the molecule is CN=Cc1ccccc1C(=O)N1CCn2c(nnc2-c2ccccn2)C1. The highest BCUT2D eigenvalue weighted by molar-refractivity contribution is 6.02. The molecule has 130 valence electrons. The molecule has 3 aromatic rings. The van der Waals surface area contributed by atoms with Crippen molar-refractivity contribution in [1.29, 1.82) is 0 Å². The molecular formula is C19H18N6O. The Morgan fingerprint density at radius 2 is 1.96 bits per heavy atom. The summed E-state index contributed by atoms with van der Waals surface area (Å²) in [4.78, 5) is 23.2. The predicted molar refractivity (Wildman–Crippen MR) is 98.0 cm³/mol. The van der Waals surface area contributed by atoms with Gasteiger partial charge < -0.3 is 9.47 Å². The van der Waals surface area contributed by atoms with Gasteiger partial charge in [0.2, 0.25) is 0 Å². The Balaban J connectivity index is 1.60. The second kappa shape index (κ2) is 6.87. The van der Waals surface area contributed by atoms with E-state index in [2.05, 4.69) is 20.2 Å². The summed E-state index contributed by atoms with van der Waals surface area (Å²) in [5, 5.41) is 8.54. The molecule has 3 heterocycles. The van der Waals surface area contributed by atoms with E-state index < -0.39 is 0 Å². The fraction of sp³-hybridized carbons (Fsp3) is 0.211. The summed E-state index contributed by atoms with van der Waals surface area (Å²) < 4.78 is 2.03. The van der Waals surface area contributed by atoms with Gasteiger partial charge >= 0.3 is 0 Å². The summed E-state index contributed by atoms with van der Waals surface area (Å²) in [5.74, 6) is 1.49. The molecule has 2 aromatic heterocycles. The van der Waals surface area contributed by atoms with Crippen LogP contribution < -0.4 is 0 Å². The third kappa shape index (κ3) is 2.88. The molecule has 0 saturated carbocycles. The molecular weight excluding hydrogens is 328 g/mol. The van der Waals surface area contributed by atoms with Crippen molar-refractivity contribution in [3.8, 4) is 11.5 Å². The van der Waals surface area contributed by atoms with Crippen LogP contribution in [0.1, 0.15) is 21.7 Å². The highest BCUT2D eigenvalue weighted by Gasteiger charge is 2.26. The molecule has 1 aliphatic heterocycles. The maximum Gasteiger partial charge on any atom is 0.254 e. The van der Waals surface area contributed by atoms with Crippen LogP contribution in [0.4, 0.5) is 0 Å². The first-order valence-electron chi connectivity index (χ1n) is 8.42. The molecule has 0 fully saturated rings. The van der Waals surface area contributed by atoms with E-state index in [1.165, 1.54) is 0 Å². The Hall–Kier alpha value is -3.35. The number of amides is 1. The summed E-state index contributed by atoms with van der Waals surface area (Å²) in [6, 6.07) is 13.2. The molecule has 1 amide bonds. The lowest BCUT2D eigenvalue weighted by Crippen LogP contribution is -2.39. The van der Waals surface area contributed by atoms with Crippen LogP contribution in [0.25, 0.3) is 11.5 Å². The predicted octanol–water partition coefficient (Wildman–Crippen LogP) is 2.04. The molecule has 0 saturated heterocycles. The number of carbonyl (C=O) groups excluding carboxylic acids is 1. The molecule has 0 bridgehead atoms. The number of aliphatic imine (C=N–C) groups is 1. The van der Waals surface area contributed by atoms with Crippen molar-refractivity contribution in [3.63, 3.8) is 0 Å². The zero-order valence-corrected chi connectivity index (χ0v) is 14.4. The maximum absolute atomic E-state index is 13.0. The zero-order chi connectivity index (χ0) is 17.9. The number of carbonyl (C=O) groups is 1. The van der Waals surface area contributed by atoms with Crippen molar-refractivity contribution >= 4 is 12.1 Å². The van der Waals surface area contributed by atoms with Gasteiger partial charge in [-0.05, 0) is 18.2 Å². The largest absolute Gasteiger partial charge is 0.329 e. The average Bonchev–Trinajstić information content (AvgIpc) is 3.12. The Kier molecular flexibility index (Phi) is 4.27. The number of pyridine rings is 1. The van der Waals surface area contributed by atoms with Crippen molar-refractivity contribution in [2.75, 3.05) is 13.6 Å². The minimum atomic E-state index is -0.0193. The Labute approximate surface area is 151 Å². The van der Waals surface area contributed by atoms with Gasteiger partial charge in [0.15, 0.2) is 11.6 Å². The highest BCUT2D eigenvalue weighted by atomic mass is 16.2. The van der Waals surface area contributed by atoms with Crippen molar-refractivity contribution in [1.82, 2.24) is 24.6 Å². The van der Waals surface area contributed by atoms with E-state index in [1.54, 1.807) is 24.4 Å². The molecule has 7 nitrogen and oxygen atoms in total. The number of hydrogen-bond acceptors (Lipinski definition) is 5. The fourth-order valence-corrected chi connectivity index (χ4v) is 3.13. The number of hydrogen-bond donors (Lipinski definition) is 0.